The molecule has 0 spiro atoms. The Bertz CT molecular complexity index is 931. The standard InChI is InChI=1S/C18H21ClN2O5S/c1-20-27(23,24)17-10-12(4-6-16(17)26-3)8-9-21-18(22)14-11-13(19)5-7-15(14)25-2/h4-7,10-11,20H,8-9H2,1-3H3,(H,21,22). The highest BCUT2D eigenvalue weighted by Gasteiger charge is 2.18. The Morgan fingerprint density at radius 3 is 2.37 bits per heavy atom. The van der Waals surface area contributed by atoms with E-state index in [0.717, 1.165) is 5.56 Å². The Hall–Kier alpha value is -2.29. The monoisotopic (exact) mass is 412 g/mol. The van der Waals surface area contributed by atoms with Crippen molar-refractivity contribution in [2.45, 2.75) is 11.3 Å². The first-order chi connectivity index (χ1) is 12.8. The molecule has 9 heteroatoms. The second-order valence-corrected chi connectivity index (χ2v) is 7.83. The quantitative estimate of drug-likeness (QED) is 0.693. The second-order valence-electron chi connectivity index (χ2n) is 5.54. The summed E-state index contributed by atoms with van der Waals surface area (Å²) in [5, 5.41) is 3.20. The summed E-state index contributed by atoms with van der Waals surface area (Å²) < 4.78 is 36.8. The van der Waals surface area contributed by atoms with Gasteiger partial charge in [0, 0.05) is 11.6 Å². The van der Waals surface area contributed by atoms with Gasteiger partial charge >= 0.3 is 0 Å². The highest BCUT2D eigenvalue weighted by molar-refractivity contribution is 7.89. The highest BCUT2D eigenvalue weighted by atomic mass is 35.5. The number of carbonyl (C=O) groups is 1. The van der Waals surface area contributed by atoms with Crippen LogP contribution in [-0.2, 0) is 16.4 Å². The van der Waals surface area contributed by atoms with Crippen molar-refractivity contribution in [1.82, 2.24) is 10.0 Å². The fraction of sp³-hybridized carbons (Fsp3) is 0.278. The number of benzene rings is 2. The Labute approximate surface area is 163 Å². The van der Waals surface area contributed by atoms with E-state index in [1.54, 1.807) is 24.3 Å². The van der Waals surface area contributed by atoms with Crippen molar-refractivity contribution < 1.29 is 22.7 Å². The zero-order valence-corrected chi connectivity index (χ0v) is 16.8. The van der Waals surface area contributed by atoms with Crippen LogP contribution in [0.5, 0.6) is 11.5 Å². The van der Waals surface area contributed by atoms with Crippen LogP contribution in [0.1, 0.15) is 15.9 Å². The fourth-order valence-corrected chi connectivity index (χ4v) is 3.58. The van der Waals surface area contributed by atoms with E-state index in [9.17, 15) is 13.2 Å². The summed E-state index contributed by atoms with van der Waals surface area (Å²) in [6.45, 7) is 0.305. The Morgan fingerprint density at radius 2 is 1.74 bits per heavy atom. The van der Waals surface area contributed by atoms with Crippen molar-refractivity contribution >= 4 is 27.5 Å². The summed E-state index contributed by atoms with van der Waals surface area (Å²) in [6, 6.07) is 9.65. The van der Waals surface area contributed by atoms with E-state index in [1.807, 2.05) is 0 Å². The number of halogens is 1. The summed E-state index contributed by atoms with van der Waals surface area (Å²) in [7, 11) is 0.557. The third-order valence-corrected chi connectivity index (χ3v) is 5.56. The summed E-state index contributed by atoms with van der Waals surface area (Å²) in [6.07, 6.45) is 0.435. The first-order valence-electron chi connectivity index (χ1n) is 8.04. The molecule has 0 unspecified atom stereocenters. The van der Waals surface area contributed by atoms with E-state index in [0.29, 0.717) is 29.3 Å². The average molecular weight is 413 g/mol. The number of hydrogen-bond donors (Lipinski definition) is 2. The third-order valence-electron chi connectivity index (χ3n) is 3.89. The van der Waals surface area contributed by atoms with Crippen molar-refractivity contribution in [3.63, 3.8) is 0 Å². The van der Waals surface area contributed by atoms with Crippen LogP contribution in [0.4, 0.5) is 0 Å². The Morgan fingerprint density at radius 1 is 1.07 bits per heavy atom. The van der Waals surface area contributed by atoms with Crippen LogP contribution >= 0.6 is 11.6 Å². The molecular weight excluding hydrogens is 392 g/mol. The maximum absolute atomic E-state index is 12.4. The van der Waals surface area contributed by atoms with Gasteiger partial charge in [0.1, 0.15) is 16.4 Å². The van der Waals surface area contributed by atoms with Gasteiger partial charge in [-0.2, -0.15) is 0 Å². The predicted octanol–water partition coefficient (Wildman–Crippen LogP) is 2.24. The van der Waals surface area contributed by atoms with Crippen molar-refractivity contribution in [3.05, 3.63) is 52.5 Å². The lowest BCUT2D eigenvalue weighted by Gasteiger charge is -2.12. The minimum Gasteiger partial charge on any atom is -0.496 e. The molecule has 0 atom stereocenters. The lowest BCUT2D eigenvalue weighted by molar-refractivity contribution is 0.0951. The van der Waals surface area contributed by atoms with Gasteiger partial charge in [-0.3, -0.25) is 4.79 Å². The van der Waals surface area contributed by atoms with Gasteiger partial charge in [0.25, 0.3) is 5.91 Å². The number of sulfonamides is 1. The van der Waals surface area contributed by atoms with Crippen LogP contribution in [0.2, 0.25) is 5.02 Å². The molecule has 2 rings (SSSR count). The molecule has 27 heavy (non-hydrogen) atoms. The lowest BCUT2D eigenvalue weighted by Crippen LogP contribution is -2.26. The maximum atomic E-state index is 12.4. The van der Waals surface area contributed by atoms with Crippen molar-refractivity contribution in [2.24, 2.45) is 0 Å². The van der Waals surface area contributed by atoms with Gasteiger partial charge in [0.05, 0.1) is 19.8 Å². The lowest BCUT2D eigenvalue weighted by atomic mass is 10.1. The average Bonchev–Trinajstić information content (AvgIpc) is 2.67. The number of carbonyl (C=O) groups excluding carboxylic acids is 1. The van der Waals surface area contributed by atoms with Crippen LogP contribution in [-0.4, -0.2) is 42.1 Å². The molecule has 0 aliphatic heterocycles. The largest absolute Gasteiger partial charge is 0.496 e. The molecule has 0 fully saturated rings. The molecule has 0 heterocycles. The zero-order chi connectivity index (χ0) is 20.0. The molecule has 7 nitrogen and oxygen atoms in total. The van der Waals surface area contributed by atoms with Crippen LogP contribution in [0.25, 0.3) is 0 Å². The van der Waals surface area contributed by atoms with Crippen molar-refractivity contribution in [1.29, 1.82) is 0 Å². The summed E-state index contributed by atoms with van der Waals surface area (Å²) in [4.78, 5) is 12.4. The van der Waals surface area contributed by atoms with E-state index in [-0.39, 0.29) is 16.6 Å². The SMILES string of the molecule is CNS(=O)(=O)c1cc(CCNC(=O)c2cc(Cl)ccc2OC)ccc1OC. The van der Waals surface area contributed by atoms with E-state index in [1.165, 1.54) is 33.4 Å². The summed E-state index contributed by atoms with van der Waals surface area (Å²) in [5.74, 6) is 0.343. The molecule has 0 aliphatic carbocycles. The molecule has 2 aromatic carbocycles. The molecule has 0 saturated carbocycles. The fourth-order valence-electron chi connectivity index (χ4n) is 2.47. The number of methoxy groups -OCH3 is 2. The molecule has 0 radical (unpaired) electrons. The molecule has 0 bridgehead atoms. The normalized spacial score (nSPS) is 11.1. The van der Waals surface area contributed by atoms with E-state index in [2.05, 4.69) is 10.0 Å². The predicted molar refractivity (Wildman–Crippen MR) is 103 cm³/mol. The summed E-state index contributed by atoms with van der Waals surface area (Å²) >= 11 is 5.94. The van der Waals surface area contributed by atoms with Crippen LogP contribution in [0, 0.1) is 0 Å². The molecule has 146 valence electrons. The molecular formula is C18H21ClN2O5S. The molecule has 2 N–H and O–H groups in total. The van der Waals surface area contributed by atoms with Gasteiger partial charge in [-0.15, -0.1) is 0 Å². The van der Waals surface area contributed by atoms with Crippen LogP contribution in [0.3, 0.4) is 0 Å². The zero-order valence-electron chi connectivity index (χ0n) is 15.2. The number of nitrogens with one attached hydrogen (secondary N) is 2. The van der Waals surface area contributed by atoms with E-state index < -0.39 is 10.0 Å². The van der Waals surface area contributed by atoms with E-state index in [4.69, 9.17) is 21.1 Å². The molecule has 0 aliphatic rings. The molecule has 0 aromatic heterocycles. The van der Waals surface area contributed by atoms with E-state index >= 15 is 0 Å². The number of rotatable bonds is 8. The number of amides is 1. The van der Waals surface area contributed by atoms with Gasteiger partial charge in [-0.05, 0) is 49.4 Å². The first kappa shape index (κ1) is 21.0. The minimum absolute atomic E-state index is 0.0489. The van der Waals surface area contributed by atoms with Crippen molar-refractivity contribution in [3.8, 4) is 11.5 Å². The van der Waals surface area contributed by atoms with Gasteiger partial charge < -0.3 is 14.8 Å². The van der Waals surface area contributed by atoms with Gasteiger partial charge in [0.2, 0.25) is 10.0 Å². The first-order valence-corrected chi connectivity index (χ1v) is 9.90. The Kier molecular flexibility index (Phi) is 7.06. The maximum Gasteiger partial charge on any atom is 0.255 e. The molecule has 2 aromatic rings. The summed E-state index contributed by atoms with van der Waals surface area (Å²) in [5.41, 5.74) is 1.07. The minimum atomic E-state index is -3.66. The topological polar surface area (TPSA) is 93.7 Å². The number of hydrogen-bond acceptors (Lipinski definition) is 5. The van der Waals surface area contributed by atoms with Gasteiger partial charge in [0.15, 0.2) is 0 Å². The third kappa shape index (κ3) is 5.12. The Balaban J connectivity index is 2.11. The van der Waals surface area contributed by atoms with Gasteiger partial charge in [-0.1, -0.05) is 17.7 Å². The number of ether oxygens (including phenoxy) is 2. The second kappa shape index (κ2) is 9.07. The van der Waals surface area contributed by atoms with Gasteiger partial charge in [-0.25, -0.2) is 13.1 Å². The molecule has 0 saturated heterocycles. The smallest absolute Gasteiger partial charge is 0.255 e. The van der Waals surface area contributed by atoms with Crippen molar-refractivity contribution in [2.75, 3.05) is 27.8 Å². The van der Waals surface area contributed by atoms with Crippen LogP contribution in [0.15, 0.2) is 41.3 Å². The van der Waals surface area contributed by atoms with Crippen LogP contribution < -0.4 is 19.5 Å². The highest BCUT2D eigenvalue weighted by Crippen LogP contribution is 2.25. The molecule has 1 amide bonds.